The highest BCUT2D eigenvalue weighted by molar-refractivity contribution is 5.48. The summed E-state index contributed by atoms with van der Waals surface area (Å²) in [6.45, 7) is 3.05. The maximum atomic E-state index is 15.3. The zero-order chi connectivity index (χ0) is 34.1. The standard InChI is InChI=1S/C40H44F4N2O3/c41-24-36-38(48-28-32-12-6-2-7-13-32)39(49-29-33-14-8-3-9-15-33)37(47-27-31-10-4-1-5-11-31)26-46(36)25-30-20-22-45(23-21-30)35-18-16-34(17-19-35)40(42,43)44/h1-19,30,36-39H,20-29H2/t36-,37+,38-,39-/m1/s1. The number of ether oxygens (including phenoxy) is 3. The Hall–Kier alpha value is -3.76. The first-order chi connectivity index (χ1) is 23.9. The molecular weight excluding hydrogens is 632 g/mol. The molecule has 0 aliphatic carbocycles. The number of benzene rings is 4. The van der Waals surface area contributed by atoms with Crippen molar-refractivity contribution in [3.8, 4) is 0 Å². The van der Waals surface area contributed by atoms with Crippen LogP contribution in [0.25, 0.3) is 0 Å². The van der Waals surface area contributed by atoms with E-state index in [0.29, 0.717) is 32.9 Å². The van der Waals surface area contributed by atoms with Gasteiger partial charge in [-0.25, -0.2) is 4.39 Å². The van der Waals surface area contributed by atoms with Gasteiger partial charge in [-0.15, -0.1) is 0 Å². The Labute approximate surface area is 286 Å². The fourth-order valence-electron chi connectivity index (χ4n) is 6.94. The van der Waals surface area contributed by atoms with Gasteiger partial charge in [-0.3, -0.25) is 4.90 Å². The molecule has 6 rings (SSSR count). The van der Waals surface area contributed by atoms with Crippen LogP contribution in [0.2, 0.25) is 0 Å². The highest BCUT2D eigenvalue weighted by Gasteiger charge is 2.46. The maximum Gasteiger partial charge on any atom is 0.416 e. The summed E-state index contributed by atoms with van der Waals surface area (Å²) >= 11 is 0. The molecule has 2 aliphatic rings. The zero-order valence-electron chi connectivity index (χ0n) is 27.6. The summed E-state index contributed by atoms with van der Waals surface area (Å²) in [6.07, 6.45) is -4.14. The maximum absolute atomic E-state index is 15.3. The van der Waals surface area contributed by atoms with Gasteiger partial charge in [0.25, 0.3) is 0 Å². The van der Waals surface area contributed by atoms with Gasteiger partial charge in [0, 0.05) is 31.9 Å². The van der Waals surface area contributed by atoms with Crippen LogP contribution in [-0.4, -0.2) is 62.1 Å². The molecule has 4 aromatic rings. The quantitative estimate of drug-likeness (QED) is 0.133. The van der Waals surface area contributed by atoms with E-state index in [0.717, 1.165) is 60.4 Å². The number of anilines is 1. The summed E-state index contributed by atoms with van der Waals surface area (Å²) in [5.41, 5.74) is 3.20. The van der Waals surface area contributed by atoms with Crippen LogP contribution in [0.5, 0.6) is 0 Å². The molecule has 2 saturated heterocycles. The fourth-order valence-corrected chi connectivity index (χ4v) is 6.94. The minimum absolute atomic E-state index is 0.283. The molecule has 0 radical (unpaired) electrons. The summed E-state index contributed by atoms with van der Waals surface area (Å²) in [5, 5.41) is 0. The number of nitrogens with zero attached hydrogens (tertiary/aromatic N) is 2. The molecule has 0 saturated carbocycles. The van der Waals surface area contributed by atoms with Crippen molar-refractivity contribution in [1.82, 2.24) is 4.90 Å². The minimum atomic E-state index is -4.36. The Bertz CT molecular complexity index is 1540. The molecule has 2 aliphatic heterocycles. The average molecular weight is 677 g/mol. The Kier molecular flexibility index (Phi) is 12.0. The smallest absolute Gasteiger partial charge is 0.372 e. The number of hydrogen-bond donors (Lipinski definition) is 0. The van der Waals surface area contributed by atoms with Gasteiger partial charge in [0.1, 0.15) is 18.9 Å². The van der Waals surface area contributed by atoms with Crippen molar-refractivity contribution >= 4 is 5.69 Å². The van der Waals surface area contributed by atoms with Crippen molar-refractivity contribution in [1.29, 1.82) is 0 Å². The number of likely N-dealkylation sites (tertiary alicyclic amines) is 1. The highest BCUT2D eigenvalue weighted by Crippen LogP contribution is 2.34. The number of hydrogen-bond acceptors (Lipinski definition) is 5. The number of piperidine rings is 2. The van der Waals surface area contributed by atoms with E-state index in [1.807, 2.05) is 91.0 Å². The molecule has 49 heavy (non-hydrogen) atoms. The molecule has 0 unspecified atom stereocenters. The first-order valence-corrected chi connectivity index (χ1v) is 17.1. The second-order valence-corrected chi connectivity index (χ2v) is 13.0. The summed E-state index contributed by atoms with van der Waals surface area (Å²) in [4.78, 5) is 4.32. The first-order valence-electron chi connectivity index (χ1n) is 17.1. The average Bonchev–Trinajstić information content (AvgIpc) is 3.14. The monoisotopic (exact) mass is 676 g/mol. The van der Waals surface area contributed by atoms with Crippen LogP contribution < -0.4 is 4.90 Å². The van der Waals surface area contributed by atoms with E-state index >= 15 is 4.39 Å². The van der Waals surface area contributed by atoms with E-state index < -0.39 is 36.7 Å². The topological polar surface area (TPSA) is 34.2 Å². The molecule has 9 heteroatoms. The van der Waals surface area contributed by atoms with E-state index in [2.05, 4.69) is 9.80 Å². The second kappa shape index (κ2) is 16.8. The van der Waals surface area contributed by atoms with Gasteiger partial charge in [-0.05, 0) is 59.7 Å². The van der Waals surface area contributed by atoms with Gasteiger partial charge < -0.3 is 19.1 Å². The van der Waals surface area contributed by atoms with Crippen molar-refractivity contribution in [3.05, 3.63) is 138 Å². The molecule has 0 spiro atoms. The van der Waals surface area contributed by atoms with E-state index in [1.165, 1.54) is 0 Å². The molecule has 260 valence electrons. The molecule has 4 aromatic carbocycles. The zero-order valence-corrected chi connectivity index (χ0v) is 27.6. The second-order valence-electron chi connectivity index (χ2n) is 13.0. The third-order valence-electron chi connectivity index (χ3n) is 9.66. The Balaban J connectivity index is 1.19. The molecule has 4 atom stereocenters. The van der Waals surface area contributed by atoms with Crippen LogP contribution in [0, 0.1) is 5.92 Å². The van der Waals surface area contributed by atoms with Crippen LogP contribution in [-0.2, 0) is 40.2 Å². The Morgan fingerprint density at radius 3 is 1.59 bits per heavy atom. The van der Waals surface area contributed by atoms with Crippen molar-refractivity contribution in [2.75, 3.05) is 37.8 Å². The third kappa shape index (κ3) is 9.48. The largest absolute Gasteiger partial charge is 0.416 e. The summed E-state index contributed by atoms with van der Waals surface area (Å²) in [7, 11) is 0. The van der Waals surface area contributed by atoms with Gasteiger partial charge in [-0.2, -0.15) is 13.2 Å². The predicted octanol–water partition coefficient (Wildman–Crippen LogP) is 8.33. The number of halogens is 4. The summed E-state index contributed by atoms with van der Waals surface area (Å²) in [5.74, 6) is 0.283. The molecular formula is C40H44F4N2O3. The first kappa shape index (κ1) is 35.1. The Morgan fingerprint density at radius 1 is 0.612 bits per heavy atom. The molecule has 0 amide bonds. The van der Waals surface area contributed by atoms with Crippen LogP contribution >= 0.6 is 0 Å². The van der Waals surface area contributed by atoms with E-state index in [1.54, 1.807) is 12.1 Å². The van der Waals surface area contributed by atoms with Crippen molar-refractivity contribution in [3.63, 3.8) is 0 Å². The lowest BCUT2D eigenvalue weighted by molar-refractivity contribution is -0.206. The Morgan fingerprint density at radius 2 is 1.10 bits per heavy atom. The third-order valence-corrected chi connectivity index (χ3v) is 9.66. The van der Waals surface area contributed by atoms with Gasteiger partial charge in [0.2, 0.25) is 0 Å². The summed E-state index contributed by atoms with van der Waals surface area (Å²) < 4.78 is 74.4. The molecule has 0 N–H and O–H groups in total. The van der Waals surface area contributed by atoms with E-state index in [9.17, 15) is 13.2 Å². The van der Waals surface area contributed by atoms with Crippen molar-refractivity contribution in [2.24, 2.45) is 5.92 Å². The van der Waals surface area contributed by atoms with E-state index in [4.69, 9.17) is 14.2 Å². The molecule has 0 bridgehead atoms. The number of alkyl halides is 4. The van der Waals surface area contributed by atoms with Crippen LogP contribution in [0.1, 0.15) is 35.1 Å². The minimum Gasteiger partial charge on any atom is -0.372 e. The SMILES string of the molecule is FC[C@@H]1[C@@H](OCc2ccccc2)[C@H](OCc2ccccc2)[C@@H](OCc2ccccc2)CN1CC1CCN(c2ccc(C(F)(F)F)cc2)CC1. The molecule has 5 nitrogen and oxygen atoms in total. The van der Waals surface area contributed by atoms with Crippen LogP contribution in [0.15, 0.2) is 115 Å². The van der Waals surface area contributed by atoms with Crippen molar-refractivity contribution in [2.45, 2.75) is 63.2 Å². The van der Waals surface area contributed by atoms with Crippen LogP contribution in [0.3, 0.4) is 0 Å². The predicted molar refractivity (Wildman–Crippen MR) is 183 cm³/mol. The highest BCUT2D eigenvalue weighted by atomic mass is 19.4. The van der Waals surface area contributed by atoms with Gasteiger partial charge in [-0.1, -0.05) is 91.0 Å². The fraction of sp³-hybridized carbons (Fsp3) is 0.400. The molecule has 2 heterocycles. The number of rotatable bonds is 13. The van der Waals surface area contributed by atoms with Crippen LogP contribution in [0.4, 0.5) is 23.2 Å². The van der Waals surface area contributed by atoms with Crippen molar-refractivity contribution < 1.29 is 31.8 Å². The van der Waals surface area contributed by atoms with Gasteiger partial charge >= 0.3 is 6.18 Å². The van der Waals surface area contributed by atoms with Gasteiger partial charge in [0.15, 0.2) is 0 Å². The normalized spacial score (nSPS) is 22.3. The summed E-state index contributed by atoms with van der Waals surface area (Å²) in [6, 6.07) is 34.7. The lowest BCUT2D eigenvalue weighted by atomic mass is 9.89. The van der Waals surface area contributed by atoms with E-state index in [-0.39, 0.29) is 12.0 Å². The molecule has 2 fully saturated rings. The van der Waals surface area contributed by atoms with Gasteiger partial charge in [0.05, 0.1) is 37.5 Å². The molecule has 0 aromatic heterocycles. The lowest BCUT2D eigenvalue weighted by Gasteiger charge is -2.49. The lowest BCUT2D eigenvalue weighted by Crippen LogP contribution is -2.64.